The number of nitrogens with one attached hydrogen (secondary N) is 1. The van der Waals surface area contributed by atoms with E-state index >= 15 is 0 Å². The zero-order valence-electron chi connectivity index (χ0n) is 19.2. The predicted molar refractivity (Wildman–Crippen MR) is 128 cm³/mol. The summed E-state index contributed by atoms with van der Waals surface area (Å²) in [7, 11) is 0. The molecule has 1 saturated heterocycles. The topological polar surface area (TPSA) is 117 Å². The molecule has 35 heavy (non-hydrogen) atoms. The Morgan fingerprint density at radius 2 is 1.86 bits per heavy atom. The van der Waals surface area contributed by atoms with Gasteiger partial charge in [0.25, 0.3) is 0 Å². The summed E-state index contributed by atoms with van der Waals surface area (Å²) in [6.45, 7) is 4.32. The van der Waals surface area contributed by atoms with Gasteiger partial charge in [-0.2, -0.15) is 0 Å². The van der Waals surface area contributed by atoms with Crippen LogP contribution >= 0.6 is 0 Å². The van der Waals surface area contributed by atoms with Gasteiger partial charge in [-0.05, 0) is 31.2 Å². The highest BCUT2D eigenvalue weighted by Gasteiger charge is 2.31. The Kier molecular flexibility index (Phi) is 6.19. The lowest BCUT2D eigenvalue weighted by atomic mass is 10.1. The molecular formula is C25H25N5O5. The minimum Gasteiger partial charge on any atom is -0.465 e. The van der Waals surface area contributed by atoms with Crippen molar-refractivity contribution in [1.82, 2.24) is 14.9 Å². The molecule has 0 radical (unpaired) electrons. The average Bonchev–Trinajstić information content (AvgIpc) is 3.30. The van der Waals surface area contributed by atoms with Crippen molar-refractivity contribution in [2.45, 2.75) is 26.1 Å². The Labute approximate surface area is 202 Å². The van der Waals surface area contributed by atoms with E-state index in [1.165, 1.54) is 4.90 Å². The first-order valence-corrected chi connectivity index (χ1v) is 11.3. The first kappa shape index (κ1) is 22.6. The highest BCUT2D eigenvalue weighted by Crippen LogP contribution is 2.33. The SMILES string of the molecule is CC1COCCN1c1nc2c(c(-c3ccc(NC(=O)Oc4ccccc4)cc3)n1)CN(C(=O)O)C2. The van der Waals surface area contributed by atoms with E-state index in [1.54, 1.807) is 36.4 Å². The van der Waals surface area contributed by atoms with E-state index in [2.05, 4.69) is 10.2 Å². The summed E-state index contributed by atoms with van der Waals surface area (Å²) < 4.78 is 10.8. The maximum Gasteiger partial charge on any atom is 0.417 e. The summed E-state index contributed by atoms with van der Waals surface area (Å²) in [5, 5.41) is 12.2. The molecule has 10 nitrogen and oxygen atoms in total. The van der Waals surface area contributed by atoms with E-state index in [4.69, 9.17) is 19.4 Å². The summed E-state index contributed by atoms with van der Waals surface area (Å²) in [6, 6.07) is 16.1. The van der Waals surface area contributed by atoms with Gasteiger partial charge in [-0.15, -0.1) is 0 Å². The molecule has 0 saturated carbocycles. The molecule has 10 heteroatoms. The minimum atomic E-state index is -0.994. The van der Waals surface area contributed by atoms with Crippen molar-refractivity contribution in [3.8, 4) is 17.0 Å². The van der Waals surface area contributed by atoms with Gasteiger partial charge in [0, 0.05) is 23.4 Å². The summed E-state index contributed by atoms with van der Waals surface area (Å²) in [6.07, 6.45) is -1.58. The number of benzene rings is 2. The largest absolute Gasteiger partial charge is 0.465 e. The number of aromatic nitrogens is 2. The molecule has 0 spiro atoms. The van der Waals surface area contributed by atoms with Gasteiger partial charge in [-0.25, -0.2) is 19.6 Å². The fourth-order valence-electron chi connectivity index (χ4n) is 4.22. The number of amides is 2. The second kappa shape index (κ2) is 9.59. The first-order chi connectivity index (χ1) is 17.0. The molecule has 3 aromatic rings. The molecule has 2 aromatic carbocycles. The summed E-state index contributed by atoms with van der Waals surface area (Å²) in [5.74, 6) is 1.02. The normalized spacial score (nSPS) is 17.1. The smallest absolute Gasteiger partial charge is 0.417 e. The van der Waals surface area contributed by atoms with Crippen molar-refractivity contribution < 1.29 is 24.2 Å². The van der Waals surface area contributed by atoms with Gasteiger partial charge in [-0.3, -0.25) is 10.2 Å². The first-order valence-electron chi connectivity index (χ1n) is 11.3. The van der Waals surface area contributed by atoms with Crippen LogP contribution in [0.1, 0.15) is 18.2 Å². The quantitative estimate of drug-likeness (QED) is 0.582. The predicted octanol–water partition coefficient (Wildman–Crippen LogP) is 3.97. The maximum atomic E-state index is 12.2. The minimum absolute atomic E-state index is 0.105. The molecule has 0 aliphatic carbocycles. The number of nitrogens with zero attached hydrogens (tertiary/aromatic N) is 4. The third kappa shape index (κ3) is 4.87. The number of morpholine rings is 1. The van der Waals surface area contributed by atoms with Crippen molar-refractivity contribution in [2.24, 2.45) is 0 Å². The second-order valence-electron chi connectivity index (χ2n) is 8.46. The van der Waals surface area contributed by atoms with Gasteiger partial charge in [-0.1, -0.05) is 30.3 Å². The zero-order chi connectivity index (χ0) is 24.4. The molecular weight excluding hydrogens is 450 g/mol. The molecule has 1 aromatic heterocycles. The monoisotopic (exact) mass is 475 g/mol. The van der Waals surface area contributed by atoms with Gasteiger partial charge in [0.15, 0.2) is 0 Å². The molecule has 180 valence electrons. The summed E-state index contributed by atoms with van der Waals surface area (Å²) in [4.78, 5) is 36.8. The number of para-hydroxylation sites is 1. The Hall–Kier alpha value is -4.18. The van der Waals surface area contributed by atoms with Crippen LogP contribution in [-0.2, 0) is 17.8 Å². The van der Waals surface area contributed by atoms with Crippen LogP contribution < -0.4 is 15.0 Å². The van der Waals surface area contributed by atoms with Gasteiger partial charge in [0.2, 0.25) is 5.95 Å². The zero-order valence-corrected chi connectivity index (χ0v) is 19.2. The van der Waals surface area contributed by atoms with E-state index in [0.717, 1.165) is 11.1 Å². The standard InChI is InChI=1S/C25H25N5O5/c1-16-15-34-12-11-30(16)23-27-21-14-29(25(32)33)13-20(21)22(28-23)17-7-9-18(10-8-17)26-24(31)35-19-5-3-2-4-6-19/h2-10,16H,11-15H2,1H3,(H,26,31)(H,32,33). The average molecular weight is 476 g/mol. The lowest BCUT2D eigenvalue weighted by Gasteiger charge is -2.33. The molecule has 2 amide bonds. The van der Waals surface area contributed by atoms with Crippen molar-refractivity contribution >= 4 is 23.8 Å². The Morgan fingerprint density at radius 3 is 2.57 bits per heavy atom. The van der Waals surface area contributed by atoms with Gasteiger partial charge in [0.1, 0.15) is 5.75 Å². The van der Waals surface area contributed by atoms with Crippen molar-refractivity contribution in [1.29, 1.82) is 0 Å². The van der Waals surface area contributed by atoms with E-state index in [0.29, 0.717) is 48.5 Å². The molecule has 2 aliphatic heterocycles. The van der Waals surface area contributed by atoms with E-state index < -0.39 is 12.2 Å². The third-order valence-electron chi connectivity index (χ3n) is 6.02. The van der Waals surface area contributed by atoms with E-state index in [-0.39, 0.29) is 19.1 Å². The van der Waals surface area contributed by atoms with Gasteiger partial charge in [0.05, 0.1) is 43.7 Å². The number of carbonyl (C=O) groups excluding carboxylic acids is 1. The maximum absolute atomic E-state index is 12.2. The van der Waals surface area contributed by atoms with Crippen LogP contribution in [0, 0.1) is 0 Å². The molecule has 3 heterocycles. The number of ether oxygens (including phenoxy) is 2. The van der Waals surface area contributed by atoms with Crippen LogP contribution in [0.4, 0.5) is 21.2 Å². The Balaban J connectivity index is 1.41. The number of anilines is 2. The third-order valence-corrected chi connectivity index (χ3v) is 6.02. The van der Waals surface area contributed by atoms with Crippen molar-refractivity contribution in [3.63, 3.8) is 0 Å². The number of carbonyl (C=O) groups is 2. The number of fused-ring (bicyclic) bond motifs is 1. The lowest BCUT2D eigenvalue weighted by Crippen LogP contribution is -2.44. The molecule has 0 bridgehead atoms. The number of hydrogen-bond acceptors (Lipinski definition) is 7. The molecule has 2 aliphatic rings. The summed E-state index contributed by atoms with van der Waals surface area (Å²) in [5.41, 5.74) is 3.56. The van der Waals surface area contributed by atoms with E-state index in [1.807, 2.05) is 25.1 Å². The fraction of sp³-hybridized carbons (Fsp3) is 0.280. The fourth-order valence-corrected chi connectivity index (χ4v) is 4.22. The van der Waals surface area contributed by atoms with Crippen LogP contribution in [0.25, 0.3) is 11.3 Å². The van der Waals surface area contributed by atoms with E-state index in [9.17, 15) is 14.7 Å². The number of hydrogen-bond donors (Lipinski definition) is 2. The van der Waals surface area contributed by atoms with Gasteiger partial charge >= 0.3 is 12.2 Å². The molecule has 1 unspecified atom stereocenters. The molecule has 1 fully saturated rings. The van der Waals surface area contributed by atoms with Crippen LogP contribution in [0.2, 0.25) is 0 Å². The summed E-state index contributed by atoms with van der Waals surface area (Å²) >= 11 is 0. The number of rotatable bonds is 4. The van der Waals surface area contributed by atoms with Crippen LogP contribution in [-0.4, -0.2) is 58.0 Å². The Bertz CT molecular complexity index is 1230. The number of carboxylic acid groups (broad SMARTS) is 1. The van der Waals surface area contributed by atoms with Crippen LogP contribution in [0.15, 0.2) is 54.6 Å². The molecule has 5 rings (SSSR count). The van der Waals surface area contributed by atoms with Crippen LogP contribution in [0.3, 0.4) is 0 Å². The second-order valence-corrected chi connectivity index (χ2v) is 8.46. The molecule has 2 N–H and O–H groups in total. The van der Waals surface area contributed by atoms with Crippen molar-refractivity contribution in [2.75, 3.05) is 30.0 Å². The highest BCUT2D eigenvalue weighted by atomic mass is 16.6. The lowest BCUT2D eigenvalue weighted by molar-refractivity contribution is 0.0980. The van der Waals surface area contributed by atoms with Crippen molar-refractivity contribution in [3.05, 3.63) is 65.9 Å². The molecule has 1 atom stereocenters. The van der Waals surface area contributed by atoms with Crippen LogP contribution in [0.5, 0.6) is 5.75 Å². The Morgan fingerprint density at radius 1 is 1.09 bits per heavy atom. The highest BCUT2D eigenvalue weighted by molar-refractivity contribution is 5.86. The van der Waals surface area contributed by atoms with Gasteiger partial charge < -0.3 is 19.5 Å².